The summed E-state index contributed by atoms with van der Waals surface area (Å²) in [5, 5.41) is 15.9. The van der Waals surface area contributed by atoms with Gasteiger partial charge in [0.05, 0.1) is 24.2 Å². The van der Waals surface area contributed by atoms with Gasteiger partial charge in [-0.2, -0.15) is 5.10 Å². The minimum absolute atomic E-state index is 0.0909. The molecule has 208 valence electrons. The number of benzene rings is 2. The summed E-state index contributed by atoms with van der Waals surface area (Å²) in [5.74, 6) is 0.219. The molecule has 2 aromatic heterocycles. The lowest BCUT2D eigenvalue weighted by Crippen LogP contribution is -2.49. The number of hydrogen-bond acceptors (Lipinski definition) is 6. The van der Waals surface area contributed by atoms with E-state index in [0.29, 0.717) is 37.9 Å². The van der Waals surface area contributed by atoms with Crippen molar-refractivity contribution in [1.29, 1.82) is 0 Å². The maximum atomic E-state index is 13.5. The first kappa shape index (κ1) is 26.4. The molecule has 3 heterocycles. The smallest absolute Gasteiger partial charge is 0.281 e. The topological polar surface area (TPSA) is 119 Å². The van der Waals surface area contributed by atoms with E-state index in [9.17, 15) is 14.7 Å². The van der Waals surface area contributed by atoms with Gasteiger partial charge >= 0.3 is 0 Å². The largest absolute Gasteiger partial charge is 0.388 e. The van der Waals surface area contributed by atoms with Gasteiger partial charge in [0.15, 0.2) is 5.52 Å². The van der Waals surface area contributed by atoms with Crippen LogP contribution in [-0.2, 0) is 31.2 Å². The summed E-state index contributed by atoms with van der Waals surface area (Å²) in [6, 6.07) is 16.5. The Hall–Kier alpha value is -3.82. The zero-order valence-corrected chi connectivity index (χ0v) is 23.1. The van der Waals surface area contributed by atoms with E-state index in [0.717, 1.165) is 29.7 Å². The van der Waals surface area contributed by atoms with Crippen LogP contribution in [0.25, 0.3) is 22.3 Å². The molecule has 40 heavy (non-hydrogen) atoms. The average Bonchev–Trinajstić information content (AvgIpc) is 3.49. The van der Waals surface area contributed by atoms with Crippen molar-refractivity contribution < 1.29 is 9.90 Å². The molecule has 0 bridgehead atoms. The number of amides is 1. The van der Waals surface area contributed by atoms with Gasteiger partial charge in [0.25, 0.3) is 5.56 Å². The molecule has 0 spiro atoms. The number of piperidine rings is 1. The van der Waals surface area contributed by atoms with Gasteiger partial charge in [0, 0.05) is 38.2 Å². The summed E-state index contributed by atoms with van der Waals surface area (Å²) in [4.78, 5) is 32.9. The van der Waals surface area contributed by atoms with Crippen LogP contribution in [0.2, 0.25) is 0 Å². The summed E-state index contributed by atoms with van der Waals surface area (Å²) in [6.45, 7) is 3.08. The van der Waals surface area contributed by atoms with Gasteiger partial charge in [-0.1, -0.05) is 49.4 Å². The number of fused-ring (bicyclic) bond motifs is 2. The number of nitrogens with zero attached hydrogens (tertiary/aromatic N) is 5. The summed E-state index contributed by atoms with van der Waals surface area (Å²) in [7, 11) is 1.82. The second kappa shape index (κ2) is 10.3. The predicted octanol–water partition coefficient (Wildman–Crippen LogP) is 2.77. The van der Waals surface area contributed by atoms with Crippen LogP contribution in [0, 0.1) is 0 Å². The molecular weight excluding hydrogens is 504 g/mol. The second-order valence-electron chi connectivity index (χ2n) is 11.6. The highest BCUT2D eigenvalue weighted by molar-refractivity contribution is 5.89. The number of likely N-dealkylation sites (tertiary alicyclic amines) is 1. The molecule has 6 rings (SSSR count). The summed E-state index contributed by atoms with van der Waals surface area (Å²) in [5.41, 5.74) is 11.0. The molecule has 3 N–H and O–H groups in total. The first-order valence-corrected chi connectivity index (χ1v) is 14.1. The van der Waals surface area contributed by atoms with E-state index in [-0.39, 0.29) is 35.5 Å². The average molecular weight is 541 g/mol. The minimum Gasteiger partial charge on any atom is -0.388 e. The Balaban J connectivity index is 1.16. The Labute approximate surface area is 233 Å². The lowest BCUT2D eigenvalue weighted by Gasteiger charge is -2.38. The molecule has 2 atom stereocenters. The van der Waals surface area contributed by atoms with Crippen molar-refractivity contribution in [3.05, 3.63) is 81.9 Å². The van der Waals surface area contributed by atoms with Crippen LogP contribution in [0.3, 0.4) is 0 Å². The molecular formula is C31H36N6O3. The zero-order valence-electron chi connectivity index (χ0n) is 23.1. The highest BCUT2D eigenvalue weighted by Crippen LogP contribution is 2.31. The minimum atomic E-state index is -1.10. The molecule has 2 aromatic carbocycles. The molecule has 1 aliphatic carbocycles. The van der Waals surface area contributed by atoms with Crippen molar-refractivity contribution in [2.45, 2.75) is 63.1 Å². The monoisotopic (exact) mass is 540 g/mol. The van der Waals surface area contributed by atoms with Crippen molar-refractivity contribution in [3.8, 4) is 11.3 Å². The molecule has 2 aliphatic rings. The van der Waals surface area contributed by atoms with E-state index in [1.165, 1.54) is 22.0 Å². The summed E-state index contributed by atoms with van der Waals surface area (Å²) >= 11 is 0. The molecule has 1 saturated heterocycles. The maximum Gasteiger partial charge on any atom is 0.281 e. The first-order valence-electron chi connectivity index (χ1n) is 14.1. The second-order valence-corrected chi connectivity index (χ2v) is 11.6. The number of nitrogens with two attached hydrogens (primary N) is 1. The quantitative estimate of drug-likeness (QED) is 0.388. The number of rotatable bonds is 6. The van der Waals surface area contributed by atoms with Crippen LogP contribution >= 0.6 is 0 Å². The zero-order chi connectivity index (χ0) is 28.0. The van der Waals surface area contributed by atoms with Gasteiger partial charge in [-0.25, -0.2) is 4.98 Å². The molecule has 9 nitrogen and oxygen atoms in total. The lowest BCUT2D eigenvalue weighted by atomic mass is 9.90. The fourth-order valence-electron chi connectivity index (χ4n) is 6.27. The van der Waals surface area contributed by atoms with Crippen molar-refractivity contribution in [3.63, 3.8) is 0 Å². The Morgan fingerprint density at radius 2 is 1.82 bits per heavy atom. The lowest BCUT2D eigenvalue weighted by molar-refractivity contribution is -0.136. The first-order chi connectivity index (χ1) is 19.2. The molecule has 1 fully saturated rings. The molecule has 1 unspecified atom stereocenters. The third kappa shape index (κ3) is 4.95. The van der Waals surface area contributed by atoms with Crippen LogP contribution in [0.1, 0.15) is 48.8 Å². The van der Waals surface area contributed by atoms with Gasteiger partial charge in [0.1, 0.15) is 5.52 Å². The van der Waals surface area contributed by atoms with Gasteiger partial charge in [-0.3, -0.25) is 18.8 Å². The number of hydrogen-bond donors (Lipinski definition) is 2. The number of carbonyl (C=O) groups is 1. The third-order valence-electron chi connectivity index (χ3n) is 8.62. The number of aromatic nitrogens is 4. The van der Waals surface area contributed by atoms with Crippen molar-refractivity contribution >= 4 is 16.9 Å². The third-order valence-corrected chi connectivity index (χ3v) is 8.62. The van der Waals surface area contributed by atoms with Crippen LogP contribution in [-0.4, -0.2) is 60.0 Å². The fraction of sp³-hybridized carbons (Fsp3) is 0.419. The Morgan fingerprint density at radius 1 is 1.10 bits per heavy atom. The van der Waals surface area contributed by atoms with Crippen molar-refractivity contribution in [2.24, 2.45) is 12.8 Å². The van der Waals surface area contributed by atoms with Crippen LogP contribution in [0.4, 0.5) is 0 Å². The van der Waals surface area contributed by atoms with E-state index in [2.05, 4.69) is 29.1 Å². The maximum absolute atomic E-state index is 13.5. The van der Waals surface area contributed by atoms with Crippen molar-refractivity contribution in [2.75, 3.05) is 13.1 Å². The fourth-order valence-corrected chi connectivity index (χ4v) is 6.27. The van der Waals surface area contributed by atoms with Crippen LogP contribution in [0.15, 0.2) is 59.7 Å². The normalized spacial score (nSPS) is 19.1. The van der Waals surface area contributed by atoms with Crippen molar-refractivity contribution in [1.82, 2.24) is 24.2 Å². The van der Waals surface area contributed by atoms with E-state index in [1.807, 2.05) is 48.3 Å². The molecule has 1 aliphatic heterocycles. The molecule has 0 radical (unpaired) electrons. The summed E-state index contributed by atoms with van der Waals surface area (Å²) < 4.78 is 3.16. The van der Waals surface area contributed by atoms with Gasteiger partial charge in [-0.15, -0.1) is 0 Å². The molecule has 9 heteroatoms. The molecule has 0 saturated carbocycles. The highest BCUT2D eigenvalue weighted by atomic mass is 16.3. The van der Waals surface area contributed by atoms with E-state index in [4.69, 9.17) is 5.73 Å². The highest BCUT2D eigenvalue weighted by Gasteiger charge is 2.35. The number of carbonyl (C=O) groups excluding carboxylic acids is 1. The Kier molecular flexibility index (Phi) is 6.80. The van der Waals surface area contributed by atoms with Gasteiger partial charge in [-0.05, 0) is 54.4 Å². The van der Waals surface area contributed by atoms with Crippen LogP contribution < -0.4 is 11.3 Å². The van der Waals surface area contributed by atoms with E-state index < -0.39 is 5.60 Å². The van der Waals surface area contributed by atoms with E-state index >= 15 is 0 Å². The molecule has 4 aromatic rings. The number of aryl methyl sites for hydroxylation is 1. The van der Waals surface area contributed by atoms with E-state index in [1.54, 1.807) is 4.68 Å². The SMILES string of the molecule is C[C@H](CC(=O)N1CCC(O)(Cn2cnc3c(-c4ccc5c(c4)CC(N)C5)n(C)nc3c2=O)CC1)c1ccccc1. The standard InChI is InChI=1S/C31H36N6O3/c1-20(21-6-4-3-5-7-21)14-26(38)36-12-10-31(40,11-13-36)18-37-19-33-27-28(30(37)39)34-35(2)29(27)23-9-8-22-16-25(32)17-24(22)15-23/h3-9,15,19-20,25,40H,10-14,16-18,32H2,1-2H3/t20-,25?/m1/s1. The number of aliphatic hydroxyl groups is 1. The summed E-state index contributed by atoms with van der Waals surface area (Å²) in [6.07, 6.45) is 4.46. The van der Waals surface area contributed by atoms with Gasteiger partial charge in [0.2, 0.25) is 5.91 Å². The van der Waals surface area contributed by atoms with Crippen LogP contribution in [0.5, 0.6) is 0 Å². The molecule has 1 amide bonds. The predicted molar refractivity (Wildman–Crippen MR) is 154 cm³/mol. The Bertz CT molecular complexity index is 1620. The Morgan fingerprint density at radius 3 is 2.58 bits per heavy atom. The van der Waals surface area contributed by atoms with Gasteiger partial charge < -0.3 is 15.7 Å².